The normalized spacial score (nSPS) is 22.6. The molecule has 0 radical (unpaired) electrons. The Bertz CT molecular complexity index is 412. The van der Waals surface area contributed by atoms with Crippen LogP contribution in [0.5, 0.6) is 0 Å². The van der Waals surface area contributed by atoms with Crippen molar-refractivity contribution in [2.75, 3.05) is 26.0 Å². The van der Waals surface area contributed by atoms with E-state index in [1.165, 1.54) is 0 Å². The highest BCUT2D eigenvalue weighted by Gasteiger charge is 2.35. The molecule has 1 aromatic rings. The third-order valence-electron chi connectivity index (χ3n) is 3.54. The summed E-state index contributed by atoms with van der Waals surface area (Å²) in [5.41, 5.74) is 6.63. The number of anilines is 1. The Kier molecular flexibility index (Phi) is 3.86. The summed E-state index contributed by atoms with van der Waals surface area (Å²) in [4.78, 5) is 13.5. The number of hydrogen-bond donors (Lipinski definition) is 2. The van der Waals surface area contributed by atoms with Crippen molar-refractivity contribution in [3.63, 3.8) is 0 Å². The molecule has 1 amide bonds. The number of carbonyl (C=O) groups is 1. The second-order valence-electron chi connectivity index (χ2n) is 4.71. The van der Waals surface area contributed by atoms with Crippen molar-refractivity contribution in [1.29, 1.82) is 0 Å². The third-order valence-corrected chi connectivity index (χ3v) is 3.54. The highest BCUT2D eigenvalue weighted by atomic mass is 16.5. The maximum absolute atomic E-state index is 11.7. The molecule has 1 aliphatic rings. The molecule has 6 nitrogen and oxygen atoms in total. The predicted octanol–water partition coefficient (Wildman–Crippen LogP) is 0.733. The van der Waals surface area contributed by atoms with Gasteiger partial charge in [0.05, 0.1) is 0 Å². The van der Waals surface area contributed by atoms with Gasteiger partial charge in [0.2, 0.25) is 5.91 Å². The van der Waals surface area contributed by atoms with Crippen LogP contribution in [-0.4, -0.2) is 47.3 Å². The molecule has 1 saturated carbocycles. The summed E-state index contributed by atoms with van der Waals surface area (Å²) >= 11 is 0. The lowest BCUT2D eigenvalue weighted by molar-refractivity contribution is -0.138. The summed E-state index contributed by atoms with van der Waals surface area (Å²) in [5, 5.41) is 6.84. The highest BCUT2D eigenvalue weighted by Crippen LogP contribution is 2.38. The number of aromatic amines is 1. The van der Waals surface area contributed by atoms with E-state index in [4.69, 9.17) is 10.5 Å². The third kappa shape index (κ3) is 2.64. The first kappa shape index (κ1) is 12.9. The van der Waals surface area contributed by atoms with Crippen LogP contribution in [0.2, 0.25) is 0 Å². The maximum Gasteiger partial charge on any atom is 0.248 e. The second-order valence-corrected chi connectivity index (χ2v) is 4.71. The topological polar surface area (TPSA) is 84.2 Å². The molecule has 0 bridgehead atoms. The van der Waals surface area contributed by atoms with Crippen molar-refractivity contribution in [3.05, 3.63) is 11.8 Å². The number of aromatic nitrogens is 2. The van der Waals surface area contributed by atoms with Crippen LogP contribution in [0.25, 0.3) is 0 Å². The number of rotatable bonds is 5. The van der Waals surface area contributed by atoms with Crippen LogP contribution in [0.1, 0.15) is 31.4 Å². The Morgan fingerprint density at radius 1 is 1.67 bits per heavy atom. The largest absolute Gasteiger partial charge is 0.382 e. The molecule has 0 aromatic carbocycles. The minimum atomic E-state index is 0.0458. The number of nitrogens with zero attached hydrogens (tertiary/aromatic N) is 2. The molecule has 0 spiro atoms. The van der Waals surface area contributed by atoms with E-state index in [1.54, 1.807) is 4.90 Å². The van der Waals surface area contributed by atoms with Gasteiger partial charge in [-0.25, -0.2) is 0 Å². The number of carbonyl (C=O) groups excluding carboxylic acids is 1. The average Bonchev–Trinajstić information content (AvgIpc) is 2.70. The SMILES string of the molecule is CCOCC(=O)N(C)[C@H]1C[C@@H](c2cc(N)n[nH]2)C1. The van der Waals surface area contributed by atoms with Crippen molar-refractivity contribution in [1.82, 2.24) is 15.1 Å². The number of likely N-dealkylation sites (N-methyl/N-ethyl adjacent to an activating group) is 1. The summed E-state index contributed by atoms with van der Waals surface area (Å²) in [7, 11) is 1.84. The first-order chi connectivity index (χ1) is 8.61. The Labute approximate surface area is 106 Å². The summed E-state index contributed by atoms with van der Waals surface area (Å²) < 4.78 is 5.13. The quantitative estimate of drug-likeness (QED) is 0.809. The lowest BCUT2D eigenvalue weighted by Crippen LogP contribution is -2.46. The smallest absolute Gasteiger partial charge is 0.248 e. The van der Waals surface area contributed by atoms with Crippen LogP contribution in [0.15, 0.2) is 6.07 Å². The Hall–Kier alpha value is -1.56. The van der Waals surface area contributed by atoms with Gasteiger partial charge in [-0.05, 0) is 19.8 Å². The van der Waals surface area contributed by atoms with E-state index in [0.717, 1.165) is 18.5 Å². The van der Waals surface area contributed by atoms with E-state index < -0.39 is 0 Å². The molecule has 0 unspecified atom stereocenters. The molecule has 0 aliphatic heterocycles. The molecule has 1 aliphatic carbocycles. The van der Waals surface area contributed by atoms with Crippen LogP contribution < -0.4 is 5.73 Å². The second kappa shape index (κ2) is 5.39. The number of ether oxygens (including phenoxy) is 1. The van der Waals surface area contributed by atoms with Crippen molar-refractivity contribution >= 4 is 11.7 Å². The minimum absolute atomic E-state index is 0.0458. The Morgan fingerprint density at radius 2 is 2.39 bits per heavy atom. The zero-order chi connectivity index (χ0) is 13.1. The van der Waals surface area contributed by atoms with Crippen LogP contribution >= 0.6 is 0 Å². The van der Waals surface area contributed by atoms with Gasteiger partial charge in [0.15, 0.2) is 0 Å². The molecule has 1 fully saturated rings. The number of amides is 1. The fraction of sp³-hybridized carbons (Fsp3) is 0.667. The van der Waals surface area contributed by atoms with E-state index >= 15 is 0 Å². The zero-order valence-electron chi connectivity index (χ0n) is 10.8. The fourth-order valence-corrected chi connectivity index (χ4v) is 2.21. The first-order valence-electron chi connectivity index (χ1n) is 6.26. The molecule has 18 heavy (non-hydrogen) atoms. The van der Waals surface area contributed by atoms with Gasteiger partial charge in [-0.2, -0.15) is 5.10 Å². The molecule has 3 N–H and O–H groups in total. The van der Waals surface area contributed by atoms with Gasteiger partial charge < -0.3 is 15.4 Å². The molecule has 100 valence electrons. The number of H-pyrrole nitrogens is 1. The maximum atomic E-state index is 11.7. The summed E-state index contributed by atoms with van der Waals surface area (Å²) in [5.74, 6) is 1.00. The molecule has 0 saturated heterocycles. The van der Waals surface area contributed by atoms with Crippen LogP contribution in [-0.2, 0) is 9.53 Å². The molecular weight excluding hydrogens is 232 g/mol. The van der Waals surface area contributed by atoms with Gasteiger partial charge >= 0.3 is 0 Å². The van der Waals surface area contributed by atoms with Crippen molar-refractivity contribution < 1.29 is 9.53 Å². The van der Waals surface area contributed by atoms with E-state index in [1.807, 2.05) is 20.0 Å². The van der Waals surface area contributed by atoms with Crippen molar-refractivity contribution in [2.45, 2.75) is 31.7 Å². The summed E-state index contributed by atoms with van der Waals surface area (Å²) in [6.45, 7) is 2.63. The lowest BCUT2D eigenvalue weighted by atomic mass is 9.77. The summed E-state index contributed by atoms with van der Waals surface area (Å²) in [6.07, 6.45) is 1.91. The van der Waals surface area contributed by atoms with E-state index in [0.29, 0.717) is 24.4 Å². The molecule has 2 rings (SSSR count). The van der Waals surface area contributed by atoms with Crippen LogP contribution in [0.4, 0.5) is 5.82 Å². The van der Waals surface area contributed by atoms with Gasteiger partial charge in [0.25, 0.3) is 0 Å². The number of hydrogen-bond acceptors (Lipinski definition) is 4. The summed E-state index contributed by atoms with van der Waals surface area (Å²) in [6, 6.07) is 2.16. The highest BCUT2D eigenvalue weighted by molar-refractivity contribution is 5.77. The predicted molar refractivity (Wildman–Crippen MR) is 68.0 cm³/mol. The van der Waals surface area contributed by atoms with Gasteiger partial charge in [-0.1, -0.05) is 0 Å². The monoisotopic (exact) mass is 252 g/mol. The minimum Gasteiger partial charge on any atom is -0.382 e. The number of nitrogen functional groups attached to an aromatic ring is 1. The van der Waals surface area contributed by atoms with Gasteiger partial charge in [0.1, 0.15) is 12.4 Å². The molecule has 1 aromatic heterocycles. The number of nitrogens with one attached hydrogen (secondary N) is 1. The molecule has 1 heterocycles. The molecule has 0 atom stereocenters. The van der Waals surface area contributed by atoms with E-state index in [2.05, 4.69) is 10.2 Å². The average molecular weight is 252 g/mol. The van der Waals surface area contributed by atoms with Gasteiger partial charge in [-0.15, -0.1) is 0 Å². The number of nitrogens with two attached hydrogens (primary N) is 1. The van der Waals surface area contributed by atoms with E-state index in [-0.39, 0.29) is 12.5 Å². The molecular formula is C12H20N4O2. The first-order valence-corrected chi connectivity index (χ1v) is 6.26. The van der Waals surface area contributed by atoms with Gasteiger partial charge in [0, 0.05) is 37.4 Å². The standard InChI is InChI=1S/C12H20N4O2/c1-3-18-7-12(17)16(2)9-4-8(5-9)10-6-11(13)15-14-10/h6,8-9H,3-5,7H2,1-2H3,(H3,13,14,15)/t8-,9+. The van der Waals surface area contributed by atoms with Crippen molar-refractivity contribution in [3.8, 4) is 0 Å². The van der Waals surface area contributed by atoms with Crippen LogP contribution in [0, 0.1) is 0 Å². The van der Waals surface area contributed by atoms with Crippen LogP contribution in [0.3, 0.4) is 0 Å². The Morgan fingerprint density at radius 3 is 2.94 bits per heavy atom. The van der Waals surface area contributed by atoms with E-state index in [9.17, 15) is 4.79 Å². The zero-order valence-corrected chi connectivity index (χ0v) is 10.8. The fourth-order valence-electron chi connectivity index (χ4n) is 2.21. The van der Waals surface area contributed by atoms with Crippen molar-refractivity contribution in [2.24, 2.45) is 0 Å². The van der Waals surface area contributed by atoms with Gasteiger partial charge in [-0.3, -0.25) is 9.89 Å². The Balaban J connectivity index is 1.79. The molecule has 6 heteroatoms. The lowest BCUT2D eigenvalue weighted by Gasteiger charge is -2.40.